The maximum atomic E-state index is 11.7. The van der Waals surface area contributed by atoms with E-state index >= 15 is 0 Å². The number of thiophene rings is 1. The van der Waals surface area contributed by atoms with Crippen LogP contribution in [0.1, 0.15) is 32.8 Å². The first kappa shape index (κ1) is 14.3. The lowest BCUT2D eigenvalue weighted by Crippen LogP contribution is -2.12. The van der Waals surface area contributed by atoms with Gasteiger partial charge in [-0.1, -0.05) is 15.9 Å². The Morgan fingerprint density at radius 2 is 2.24 bits per heavy atom. The summed E-state index contributed by atoms with van der Waals surface area (Å²) in [5.74, 6) is -0.285. The Balaban J connectivity index is 2.00. The molecule has 1 aliphatic carbocycles. The van der Waals surface area contributed by atoms with Crippen LogP contribution in [0.2, 0.25) is 0 Å². The predicted molar refractivity (Wildman–Crippen MR) is 87.9 cm³/mol. The van der Waals surface area contributed by atoms with E-state index in [2.05, 4.69) is 20.9 Å². The number of fused-ring (bicyclic) bond motifs is 1. The summed E-state index contributed by atoms with van der Waals surface area (Å²) in [6, 6.07) is 5.11. The first-order valence-electron chi connectivity index (χ1n) is 6.53. The Morgan fingerprint density at radius 3 is 3.00 bits per heavy atom. The van der Waals surface area contributed by atoms with Crippen molar-refractivity contribution in [2.75, 3.05) is 0 Å². The number of aryl methyl sites for hydroxylation is 1. The van der Waals surface area contributed by atoms with Crippen molar-refractivity contribution in [2.24, 2.45) is 10.7 Å². The summed E-state index contributed by atoms with van der Waals surface area (Å²) in [4.78, 5) is 17.3. The van der Waals surface area contributed by atoms with E-state index < -0.39 is 5.91 Å². The fraction of sp³-hybridized carbons (Fsp3) is 0.200. The zero-order chi connectivity index (χ0) is 15.0. The first-order chi connectivity index (χ1) is 10.1. The largest absolute Gasteiger partial charge is 0.507 e. The Bertz CT molecular complexity index is 752. The topological polar surface area (TPSA) is 75.7 Å². The van der Waals surface area contributed by atoms with E-state index in [4.69, 9.17) is 5.73 Å². The first-order valence-corrected chi connectivity index (χ1v) is 8.14. The highest BCUT2D eigenvalue weighted by Crippen LogP contribution is 2.40. The van der Waals surface area contributed by atoms with E-state index in [1.165, 1.54) is 16.2 Å². The fourth-order valence-corrected chi connectivity index (χ4v) is 4.11. The van der Waals surface area contributed by atoms with Gasteiger partial charge in [-0.25, -0.2) is 4.99 Å². The Morgan fingerprint density at radius 1 is 1.43 bits per heavy atom. The standard InChI is InChI=1S/C15H13BrN2O2S/c16-9-4-5-11(19)8(6-9)7-18-15-13(14(17)20)10-2-1-3-12(10)21-15/h4-7,19H,1-3H2,(H2,17,20). The third-order valence-corrected chi connectivity index (χ3v) is 5.15. The molecule has 0 fully saturated rings. The maximum absolute atomic E-state index is 11.7. The van der Waals surface area contributed by atoms with Gasteiger partial charge in [0.05, 0.1) is 5.56 Å². The SMILES string of the molecule is NC(=O)c1c(N=Cc2cc(Br)ccc2O)sc2c1CCC2. The van der Waals surface area contributed by atoms with Crippen molar-refractivity contribution in [3.63, 3.8) is 0 Å². The molecule has 1 aromatic carbocycles. The van der Waals surface area contributed by atoms with E-state index in [0.29, 0.717) is 16.1 Å². The Hall–Kier alpha value is -1.66. The van der Waals surface area contributed by atoms with Gasteiger partial charge in [0.1, 0.15) is 10.8 Å². The van der Waals surface area contributed by atoms with Crippen molar-refractivity contribution in [3.8, 4) is 5.75 Å². The highest BCUT2D eigenvalue weighted by molar-refractivity contribution is 9.10. The summed E-state index contributed by atoms with van der Waals surface area (Å²) in [5, 5.41) is 10.4. The summed E-state index contributed by atoms with van der Waals surface area (Å²) < 4.78 is 0.852. The summed E-state index contributed by atoms with van der Waals surface area (Å²) in [6.07, 6.45) is 4.51. The number of hydrogen-bond donors (Lipinski definition) is 2. The van der Waals surface area contributed by atoms with Crippen LogP contribution >= 0.6 is 27.3 Å². The van der Waals surface area contributed by atoms with E-state index in [9.17, 15) is 9.90 Å². The number of primary amides is 1. The van der Waals surface area contributed by atoms with Gasteiger partial charge >= 0.3 is 0 Å². The molecule has 0 radical (unpaired) electrons. The van der Waals surface area contributed by atoms with E-state index in [1.54, 1.807) is 24.4 Å². The van der Waals surface area contributed by atoms with Gasteiger partial charge in [-0.05, 0) is 43.0 Å². The van der Waals surface area contributed by atoms with Gasteiger partial charge in [-0.3, -0.25) is 4.79 Å². The summed E-state index contributed by atoms with van der Waals surface area (Å²) in [6.45, 7) is 0. The van der Waals surface area contributed by atoms with Crippen molar-refractivity contribution in [2.45, 2.75) is 19.3 Å². The monoisotopic (exact) mass is 364 g/mol. The molecule has 0 bridgehead atoms. The number of aromatic hydroxyl groups is 1. The molecule has 0 spiro atoms. The molecule has 0 unspecified atom stereocenters. The van der Waals surface area contributed by atoms with E-state index in [-0.39, 0.29) is 5.75 Å². The molecule has 6 heteroatoms. The number of phenolic OH excluding ortho intramolecular Hbond substituents is 1. The second-order valence-electron chi connectivity index (χ2n) is 4.86. The summed E-state index contributed by atoms with van der Waals surface area (Å²) in [7, 11) is 0. The minimum Gasteiger partial charge on any atom is -0.507 e. The van der Waals surface area contributed by atoms with Gasteiger partial charge in [0, 0.05) is 21.1 Å². The highest BCUT2D eigenvalue weighted by Gasteiger charge is 2.24. The minimum atomic E-state index is -0.431. The van der Waals surface area contributed by atoms with Crippen molar-refractivity contribution < 1.29 is 9.90 Å². The Kier molecular flexibility index (Phi) is 3.82. The number of phenols is 1. The molecule has 0 saturated carbocycles. The molecule has 1 aliphatic rings. The molecule has 4 nitrogen and oxygen atoms in total. The second kappa shape index (κ2) is 5.61. The number of carbonyl (C=O) groups excluding carboxylic acids is 1. The van der Waals surface area contributed by atoms with Crippen molar-refractivity contribution in [1.29, 1.82) is 0 Å². The molecule has 1 heterocycles. The van der Waals surface area contributed by atoms with Crippen LogP contribution in [0.5, 0.6) is 5.75 Å². The molecular weight excluding hydrogens is 352 g/mol. The maximum Gasteiger partial charge on any atom is 0.252 e. The molecule has 3 N–H and O–H groups in total. The number of rotatable bonds is 3. The normalized spacial score (nSPS) is 13.8. The van der Waals surface area contributed by atoms with Gasteiger partial charge in [-0.2, -0.15) is 0 Å². The van der Waals surface area contributed by atoms with Crippen LogP contribution in [0, 0.1) is 0 Å². The minimum absolute atomic E-state index is 0.145. The number of aliphatic imine (C=N–C) groups is 1. The third-order valence-electron chi connectivity index (χ3n) is 3.46. The number of nitrogens with two attached hydrogens (primary N) is 1. The molecular formula is C15H13BrN2O2S. The number of halogens is 1. The van der Waals surface area contributed by atoms with E-state index in [0.717, 1.165) is 29.3 Å². The lowest BCUT2D eigenvalue weighted by molar-refractivity contribution is 0.100. The van der Waals surface area contributed by atoms with Crippen LogP contribution in [0.4, 0.5) is 5.00 Å². The number of hydrogen-bond acceptors (Lipinski definition) is 4. The summed E-state index contributed by atoms with van der Waals surface area (Å²) >= 11 is 4.87. The lowest BCUT2D eigenvalue weighted by atomic mass is 10.1. The van der Waals surface area contributed by atoms with Crippen molar-refractivity contribution >= 4 is 44.4 Å². The van der Waals surface area contributed by atoms with Gasteiger partial charge in [0.2, 0.25) is 0 Å². The number of amides is 1. The predicted octanol–water partition coefficient (Wildman–Crippen LogP) is 3.55. The average Bonchev–Trinajstić information content (AvgIpc) is 2.99. The van der Waals surface area contributed by atoms with Gasteiger partial charge in [0.25, 0.3) is 5.91 Å². The zero-order valence-electron chi connectivity index (χ0n) is 11.1. The Labute approximate surface area is 134 Å². The number of nitrogens with zero attached hydrogens (tertiary/aromatic N) is 1. The lowest BCUT2D eigenvalue weighted by Gasteiger charge is -2.00. The zero-order valence-corrected chi connectivity index (χ0v) is 13.5. The number of benzene rings is 1. The molecule has 0 aliphatic heterocycles. The van der Waals surface area contributed by atoms with Gasteiger partial charge in [0.15, 0.2) is 0 Å². The van der Waals surface area contributed by atoms with Crippen LogP contribution in [0.15, 0.2) is 27.7 Å². The molecule has 0 saturated heterocycles. The highest BCUT2D eigenvalue weighted by atomic mass is 79.9. The van der Waals surface area contributed by atoms with Crippen LogP contribution in [0.25, 0.3) is 0 Å². The third kappa shape index (κ3) is 2.73. The van der Waals surface area contributed by atoms with Gasteiger partial charge < -0.3 is 10.8 Å². The van der Waals surface area contributed by atoms with Crippen LogP contribution in [-0.2, 0) is 12.8 Å². The summed E-state index contributed by atoms with van der Waals surface area (Å²) in [5.41, 5.74) is 7.68. The second-order valence-corrected chi connectivity index (χ2v) is 6.86. The fourth-order valence-electron chi connectivity index (χ4n) is 2.49. The van der Waals surface area contributed by atoms with Crippen LogP contribution in [0.3, 0.4) is 0 Å². The van der Waals surface area contributed by atoms with Gasteiger partial charge in [-0.15, -0.1) is 11.3 Å². The van der Waals surface area contributed by atoms with Crippen molar-refractivity contribution in [1.82, 2.24) is 0 Å². The molecule has 108 valence electrons. The van der Waals surface area contributed by atoms with Crippen molar-refractivity contribution in [3.05, 3.63) is 44.2 Å². The smallest absolute Gasteiger partial charge is 0.252 e. The molecule has 1 amide bonds. The molecule has 3 rings (SSSR count). The molecule has 21 heavy (non-hydrogen) atoms. The average molecular weight is 365 g/mol. The quantitative estimate of drug-likeness (QED) is 0.817. The molecule has 2 aromatic rings. The van der Waals surface area contributed by atoms with E-state index in [1.807, 2.05) is 0 Å². The van der Waals surface area contributed by atoms with Crippen LogP contribution < -0.4 is 5.73 Å². The number of carbonyl (C=O) groups is 1. The molecule has 1 aromatic heterocycles. The molecule has 0 atom stereocenters. The van der Waals surface area contributed by atoms with Crippen LogP contribution in [-0.4, -0.2) is 17.2 Å².